The monoisotopic (exact) mass is 619 g/mol. The zero-order chi connectivity index (χ0) is 32.8. The standard InChI is InChI=1S/C46H37NO/c1-5-14-37-38-19-12-18-36(45(38)48-43(37)6-2)33-25-29-35(30-26-33)47(34-27-23-32(24-28-34)31-15-8-7-9-16-31)42-22-13-21-41-44(42)39-17-10-11-20-40(39)46(41,3)4/h5-30H,2H2,1,3-4H3/b14-5-. The molecule has 0 saturated carbocycles. The normalized spacial score (nSPS) is 13.1. The summed E-state index contributed by atoms with van der Waals surface area (Å²) in [6.07, 6.45) is 5.93. The fraction of sp³-hybridized carbons (Fsp3) is 0.0870. The first-order chi connectivity index (χ1) is 23.5. The van der Waals surface area contributed by atoms with Gasteiger partial charge in [0.15, 0.2) is 0 Å². The summed E-state index contributed by atoms with van der Waals surface area (Å²) in [5, 5.41) is 1.09. The van der Waals surface area contributed by atoms with Gasteiger partial charge in [0.25, 0.3) is 0 Å². The first kappa shape index (κ1) is 29.5. The van der Waals surface area contributed by atoms with E-state index in [1.807, 2.05) is 13.0 Å². The summed E-state index contributed by atoms with van der Waals surface area (Å²) in [5.74, 6) is 0.790. The van der Waals surface area contributed by atoms with Gasteiger partial charge in [0.1, 0.15) is 11.3 Å². The minimum atomic E-state index is -0.0908. The second-order valence-corrected chi connectivity index (χ2v) is 12.9. The van der Waals surface area contributed by atoms with Crippen molar-refractivity contribution in [1.29, 1.82) is 0 Å². The zero-order valence-electron chi connectivity index (χ0n) is 27.6. The number of para-hydroxylation sites is 1. The summed E-state index contributed by atoms with van der Waals surface area (Å²) in [6.45, 7) is 10.7. The fourth-order valence-electron chi connectivity index (χ4n) is 7.45. The number of nitrogens with zero attached hydrogens (tertiary/aromatic N) is 1. The van der Waals surface area contributed by atoms with Gasteiger partial charge in [-0.1, -0.05) is 142 Å². The molecule has 2 heteroatoms. The largest absolute Gasteiger partial charge is 0.455 e. The van der Waals surface area contributed by atoms with Crippen molar-refractivity contribution in [2.75, 3.05) is 4.90 Å². The van der Waals surface area contributed by atoms with Gasteiger partial charge in [0.2, 0.25) is 0 Å². The number of anilines is 3. The molecule has 0 saturated heterocycles. The third kappa shape index (κ3) is 4.72. The van der Waals surface area contributed by atoms with Crippen molar-refractivity contribution >= 4 is 40.2 Å². The first-order valence-electron chi connectivity index (χ1n) is 16.6. The Morgan fingerprint density at radius 2 is 1.21 bits per heavy atom. The molecule has 0 amide bonds. The van der Waals surface area contributed by atoms with Crippen LogP contribution in [0.25, 0.3) is 56.5 Å². The number of hydrogen-bond acceptors (Lipinski definition) is 2. The lowest BCUT2D eigenvalue weighted by Gasteiger charge is -2.29. The molecule has 1 heterocycles. The molecule has 1 aromatic heterocycles. The molecular formula is C46H37NO. The lowest BCUT2D eigenvalue weighted by molar-refractivity contribution is 0.604. The van der Waals surface area contributed by atoms with Gasteiger partial charge in [-0.25, -0.2) is 0 Å². The summed E-state index contributed by atoms with van der Waals surface area (Å²) < 4.78 is 6.37. The van der Waals surface area contributed by atoms with Crippen LogP contribution in [0.1, 0.15) is 43.2 Å². The van der Waals surface area contributed by atoms with E-state index in [1.54, 1.807) is 6.08 Å². The van der Waals surface area contributed by atoms with Crippen molar-refractivity contribution in [2.45, 2.75) is 26.2 Å². The molecule has 1 aliphatic rings. The van der Waals surface area contributed by atoms with Crippen molar-refractivity contribution in [3.05, 3.63) is 175 Å². The molecule has 0 fully saturated rings. The molecule has 0 N–H and O–H groups in total. The van der Waals surface area contributed by atoms with E-state index in [0.29, 0.717) is 0 Å². The first-order valence-corrected chi connectivity index (χ1v) is 16.6. The van der Waals surface area contributed by atoms with Crippen molar-refractivity contribution in [2.24, 2.45) is 0 Å². The van der Waals surface area contributed by atoms with E-state index < -0.39 is 0 Å². The minimum Gasteiger partial charge on any atom is -0.455 e. The van der Waals surface area contributed by atoms with Gasteiger partial charge < -0.3 is 9.32 Å². The third-order valence-electron chi connectivity index (χ3n) is 9.80. The number of benzene rings is 6. The van der Waals surface area contributed by atoms with Gasteiger partial charge in [-0.2, -0.15) is 0 Å². The maximum Gasteiger partial charge on any atom is 0.143 e. The Labute approximate surface area is 282 Å². The van der Waals surface area contributed by atoms with Gasteiger partial charge in [-0.3, -0.25) is 0 Å². The maximum absolute atomic E-state index is 6.37. The molecule has 7 aromatic rings. The SMILES string of the molecule is C=Cc1oc2c(-c3ccc(N(c4ccc(-c5ccccc5)cc4)c4cccc5c4-c4ccccc4C5(C)C)cc3)cccc2c1/C=C\C. The number of furan rings is 1. The van der Waals surface area contributed by atoms with Crippen LogP contribution in [0, 0.1) is 0 Å². The molecule has 0 aliphatic heterocycles. The van der Waals surface area contributed by atoms with Gasteiger partial charge in [-0.15, -0.1) is 0 Å². The second kappa shape index (κ2) is 11.7. The molecule has 232 valence electrons. The van der Waals surface area contributed by atoms with Crippen molar-refractivity contribution in [1.82, 2.24) is 0 Å². The van der Waals surface area contributed by atoms with E-state index in [-0.39, 0.29) is 5.41 Å². The molecular weight excluding hydrogens is 583 g/mol. The van der Waals surface area contributed by atoms with E-state index in [4.69, 9.17) is 4.42 Å². The van der Waals surface area contributed by atoms with E-state index in [1.165, 1.54) is 39.1 Å². The topological polar surface area (TPSA) is 16.4 Å². The predicted octanol–water partition coefficient (Wildman–Crippen LogP) is 13.2. The quantitative estimate of drug-likeness (QED) is 0.176. The number of rotatable bonds is 7. The molecule has 2 nitrogen and oxygen atoms in total. The van der Waals surface area contributed by atoms with E-state index in [0.717, 1.165) is 44.8 Å². The summed E-state index contributed by atoms with van der Waals surface area (Å²) in [6, 6.07) is 50.4. The Morgan fingerprint density at radius 1 is 0.604 bits per heavy atom. The van der Waals surface area contributed by atoms with Crippen molar-refractivity contribution in [3.63, 3.8) is 0 Å². The fourth-order valence-corrected chi connectivity index (χ4v) is 7.45. The molecule has 0 unspecified atom stereocenters. The molecule has 6 aromatic carbocycles. The van der Waals surface area contributed by atoms with Gasteiger partial charge in [0, 0.05) is 38.9 Å². The zero-order valence-corrected chi connectivity index (χ0v) is 27.6. The van der Waals surface area contributed by atoms with E-state index in [2.05, 4.69) is 171 Å². The average Bonchev–Trinajstić information content (AvgIpc) is 3.61. The highest BCUT2D eigenvalue weighted by atomic mass is 16.3. The highest BCUT2D eigenvalue weighted by Gasteiger charge is 2.37. The Balaban J connectivity index is 1.28. The van der Waals surface area contributed by atoms with Crippen molar-refractivity contribution in [3.8, 4) is 33.4 Å². The molecule has 0 atom stereocenters. The van der Waals surface area contributed by atoms with Gasteiger partial charge >= 0.3 is 0 Å². The van der Waals surface area contributed by atoms with Crippen LogP contribution in [0.3, 0.4) is 0 Å². The lowest BCUT2D eigenvalue weighted by atomic mass is 9.82. The number of fused-ring (bicyclic) bond motifs is 4. The highest BCUT2D eigenvalue weighted by Crippen LogP contribution is 2.54. The van der Waals surface area contributed by atoms with Gasteiger partial charge in [0.05, 0.1) is 5.69 Å². The Kier molecular flexibility index (Phi) is 7.22. The molecule has 48 heavy (non-hydrogen) atoms. The van der Waals surface area contributed by atoms with Crippen molar-refractivity contribution < 1.29 is 4.42 Å². The minimum absolute atomic E-state index is 0.0908. The van der Waals surface area contributed by atoms with Crippen LogP contribution >= 0.6 is 0 Å². The molecule has 0 bridgehead atoms. The van der Waals surface area contributed by atoms with Crippen LogP contribution in [0.15, 0.2) is 157 Å². The summed E-state index contributed by atoms with van der Waals surface area (Å²) in [4.78, 5) is 2.41. The van der Waals surface area contributed by atoms with Gasteiger partial charge in [-0.05, 0) is 76.7 Å². The molecule has 8 rings (SSSR count). The second-order valence-electron chi connectivity index (χ2n) is 12.9. The smallest absolute Gasteiger partial charge is 0.143 e. The van der Waals surface area contributed by atoms with Crippen LogP contribution in [0.5, 0.6) is 0 Å². The Hall–Kier alpha value is -5.86. The van der Waals surface area contributed by atoms with E-state index in [9.17, 15) is 0 Å². The van der Waals surface area contributed by atoms with Crippen LogP contribution in [0.2, 0.25) is 0 Å². The summed E-state index contributed by atoms with van der Waals surface area (Å²) in [7, 11) is 0. The Bertz CT molecular complexity index is 2320. The van der Waals surface area contributed by atoms with E-state index >= 15 is 0 Å². The van der Waals surface area contributed by atoms with Crippen LogP contribution in [0.4, 0.5) is 17.1 Å². The molecule has 0 radical (unpaired) electrons. The summed E-state index contributed by atoms with van der Waals surface area (Å²) >= 11 is 0. The maximum atomic E-state index is 6.37. The number of allylic oxidation sites excluding steroid dienone is 1. The molecule has 0 spiro atoms. The lowest BCUT2D eigenvalue weighted by Crippen LogP contribution is -2.16. The average molecular weight is 620 g/mol. The van der Waals surface area contributed by atoms with Crippen LogP contribution < -0.4 is 4.90 Å². The van der Waals surface area contributed by atoms with Crippen LogP contribution in [-0.4, -0.2) is 0 Å². The molecule has 1 aliphatic carbocycles. The highest BCUT2D eigenvalue weighted by molar-refractivity contribution is 6.00. The summed E-state index contributed by atoms with van der Waals surface area (Å²) in [5.41, 5.74) is 15.1. The number of hydrogen-bond donors (Lipinski definition) is 0. The predicted molar refractivity (Wildman–Crippen MR) is 204 cm³/mol. The third-order valence-corrected chi connectivity index (χ3v) is 9.80. The Morgan fingerprint density at radius 3 is 1.92 bits per heavy atom. The van der Waals surface area contributed by atoms with Crippen LogP contribution in [-0.2, 0) is 5.41 Å².